The minimum absolute atomic E-state index is 0.00306. The second-order valence-corrected chi connectivity index (χ2v) is 4.35. The summed E-state index contributed by atoms with van der Waals surface area (Å²) in [6.45, 7) is 1.82. The average Bonchev–Trinajstić information content (AvgIpc) is 2.23. The Balaban J connectivity index is 4.16. The van der Waals surface area contributed by atoms with Gasteiger partial charge in [0, 0.05) is 5.75 Å². The van der Waals surface area contributed by atoms with Crippen LogP contribution in [-0.4, -0.2) is 51.8 Å². The minimum Gasteiger partial charge on any atom is -0.481 e. The molecular weight excluding hydrogens is 250 g/mol. The fraction of sp³-hybridized carbons (Fsp3) is 0.667. The zero-order valence-corrected chi connectivity index (χ0v) is 10.1. The fourth-order valence-corrected chi connectivity index (χ4v) is 1.89. The van der Waals surface area contributed by atoms with Gasteiger partial charge in [-0.15, -0.1) is 11.8 Å². The second kappa shape index (κ2) is 7.91. The first kappa shape index (κ1) is 15.7. The second-order valence-electron chi connectivity index (χ2n) is 3.12. The van der Waals surface area contributed by atoms with Crippen LogP contribution in [0.1, 0.15) is 13.3 Å². The van der Waals surface area contributed by atoms with Crippen LogP contribution in [0.2, 0.25) is 0 Å². The van der Waals surface area contributed by atoms with Crippen LogP contribution in [-0.2, 0) is 19.1 Å². The summed E-state index contributed by atoms with van der Waals surface area (Å²) in [4.78, 5) is 32.2. The maximum absolute atomic E-state index is 11.1. The van der Waals surface area contributed by atoms with E-state index in [-0.39, 0.29) is 12.4 Å². The molecule has 17 heavy (non-hydrogen) atoms. The summed E-state index contributed by atoms with van der Waals surface area (Å²) in [5, 5.41) is 16.1. The summed E-state index contributed by atoms with van der Waals surface area (Å²) in [7, 11) is 0. The van der Waals surface area contributed by atoms with Crippen molar-refractivity contribution in [3.63, 3.8) is 0 Å². The topological polar surface area (TPSA) is 127 Å². The van der Waals surface area contributed by atoms with Crippen molar-refractivity contribution >= 4 is 29.7 Å². The molecule has 7 nitrogen and oxygen atoms in total. The maximum Gasteiger partial charge on any atom is 0.323 e. The Morgan fingerprint density at radius 1 is 1.35 bits per heavy atom. The molecule has 2 atom stereocenters. The summed E-state index contributed by atoms with van der Waals surface area (Å²) >= 11 is 0.814. The summed E-state index contributed by atoms with van der Waals surface area (Å²) in [6, 6.07) is -0.949. The largest absolute Gasteiger partial charge is 0.481 e. The number of hydrogen-bond acceptors (Lipinski definition) is 6. The van der Waals surface area contributed by atoms with Gasteiger partial charge >= 0.3 is 17.9 Å². The highest BCUT2D eigenvalue weighted by molar-refractivity contribution is 8.00. The van der Waals surface area contributed by atoms with Gasteiger partial charge in [0.15, 0.2) is 0 Å². The highest BCUT2D eigenvalue weighted by Gasteiger charge is 2.24. The Labute approximate surface area is 102 Å². The number of hydrogen-bond donors (Lipinski definition) is 3. The van der Waals surface area contributed by atoms with Crippen LogP contribution in [0.5, 0.6) is 0 Å². The maximum atomic E-state index is 11.1. The highest BCUT2D eigenvalue weighted by atomic mass is 32.2. The number of nitrogens with two attached hydrogens (primary N) is 1. The highest BCUT2D eigenvalue weighted by Crippen LogP contribution is 2.16. The number of carboxylic acid groups (broad SMARTS) is 2. The Bertz CT molecular complexity index is 295. The van der Waals surface area contributed by atoms with E-state index >= 15 is 0 Å². The van der Waals surface area contributed by atoms with Crippen molar-refractivity contribution in [1.29, 1.82) is 0 Å². The molecule has 0 fully saturated rings. The van der Waals surface area contributed by atoms with Crippen molar-refractivity contribution in [2.75, 3.05) is 12.4 Å². The van der Waals surface area contributed by atoms with E-state index in [0.29, 0.717) is 0 Å². The van der Waals surface area contributed by atoms with Crippen LogP contribution in [0, 0.1) is 0 Å². The predicted molar refractivity (Wildman–Crippen MR) is 60.7 cm³/mol. The molecule has 0 bridgehead atoms. The quantitative estimate of drug-likeness (QED) is 0.503. The molecule has 1 unspecified atom stereocenters. The molecule has 4 N–H and O–H groups in total. The van der Waals surface area contributed by atoms with Crippen molar-refractivity contribution in [1.82, 2.24) is 0 Å². The van der Waals surface area contributed by atoms with Gasteiger partial charge in [-0.25, -0.2) is 0 Å². The Morgan fingerprint density at radius 2 is 1.94 bits per heavy atom. The van der Waals surface area contributed by atoms with Crippen LogP contribution in [0.4, 0.5) is 0 Å². The van der Waals surface area contributed by atoms with Gasteiger partial charge in [0.2, 0.25) is 0 Å². The van der Waals surface area contributed by atoms with Crippen LogP contribution in [0.25, 0.3) is 0 Å². The van der Waals surface area contributed by atoms with E-state index in [1.165, 1.54) is 0 Å². The lowest BCUT2D eigenvalue weighted by atomic mass is 10.3. The van der Waals surface area contributed by atoms with E-state index < -0.39 is 35.6 Å². The summed E-state index contributed by atoms with van der Waals surface area (Å²) < 4.78 is 4.64. The van der Waals surface area contributed by atoms with Gasteiger partial charge in [0.05, 0.1) is 13.0 Å². The third-order valence-corrected chi connectivity index (χ3v) is 3.02. The lowest BCUT2D eigenvalue weighted by Gasteiger charge is -2.13. The van der Waals surface area contributed by atoms with Crippen LogP contribution in [0.3, 0.4) is 0 Å². The standard InChI is InChI=1S/C9H15NO6S/c1-2-16-9(15)5(10)4-17-6(8(13)14)3-7(11)12/h5-6H,2-4,10H2,1H3,(H,11,12)(H,13,14)/t5-,6?/m0/s1. The molecule has 8 heteroatoms. The number of esters is 1. The lowest BCUT2D eigenvalue weighted by Crippen LogP contribution is -2.36. The molecule has 0 amide bonds. The lowest BCUT2D eigenvalue weighted by molar-refractivity contribution is -0.144. The summed E-state index contributed by atoms with van der Waals surface area (Å²) in [6.07, 6.45) is -0.518. The van der Waals surface area contributed by atoms with Crippen molar-refractivity contribution in [3.05, 3.63) is 0 Å². The van der Waals surface area contributed by atoms with Crippen LogP contribution < -0.4 is 5.73 Å². The number of carbonyl (C=O) groups excluding carboxylic acids is 1. The van der Waals surface area contributed by atoms with Gasteiger partial charge in [-0.05, 0) is 6.92 Å². The first-order valence-electron chi connectivity index (χ1n) is 4.86. The molecule has 0 aliphatic rings. The number of ether oxygens (including phenoxy) is 1. The first-order chi connectivity index (χ1) is 7.88. The normalized spacial score (nSPS) is 13.8. The number of carbonyl (C=O) groups is 3. The van der Waals surface area contributed by atoms with Gasteiger partial charge in [-0.1, -0.05) is 0 Å². The van der Waals surface area contributed by atoms with Gasteiger partial charge < -0.3 is 20.7 Å². The molecule has 0 saturated carbocycles. The van der Waals surface area contributed by atoms with E-state index in [9.17, 15) is 14.4 Å². The number of aliphatic carboxylic acids is 2. The summed E-state index contributed by atoms with van der Waals surface area (Å²) in [5.74, 6) is -3.08. The van der Waals surface area contributed by atoms with E-state index in [4.69, 9.17) is 15.9 Å². The molecule has 0 saturated heterocycles. The monoisotopic (exact) mass is 265 g/mol. The SMILES string of the molecule is CCOC(=O)[C@@H](N)CSC(CC(=O)O)C(=O)O. The van der Waals surface area contributed by atoms with E-state index in [1.807, 2.05) is 0 Å². The third-order valence-electron chi connectivity index (χ3n) is 1.70. The molecular formula is C9H15NO6S. The van der Waals surface area contributed by atoms with Crippen molar-refractivity contribution in [2.45, 2.75) is 24.6 Å². The van der Waals surface area contributed by atoms with Gasteiger partial charge in [-0.2, -0.15) is 0 Å². The number of thioether (sulfide) groups is 1. The summed E-state index contributed by atoms with van der Waals surface area (Å²) in [5.41, 5.74) is 5.45. The molecule has 0 aliphatic heterocycles. The van der Waals surface area contributed by atoms with Gasteiger partial charge in [0.25, 0.3) is 0 Å². The van der Waals surface area contributed by atoms with E-state index in [2.05, 4.69) is 4.74 Å². The van der Waals surface area contributed by atoms with Crippen LogP contribution >= 0.6 is 11.8 Å². The smallest absolute Gasteiger partial charge is 0.323 e. The van der Waals surface area contributed by atoms with Crippen LogP contribution in [0.15, 0.2) is 0 Å². The van der Waals surface area contributed by atoms with Crippen molar-refractivity contribution in [2.24, 2.45) is 5.73 Å². The third kappa shape index (κ3) is 6.80. The first-order valence-corrected chi connectivity index (χ1v) is 5.91. The Hall–Kier alpha value is -1.28. The zero-order valence-electron chi connectivity index (χ0n) is 9.29. The average molecular weight is 265 g/mol. The Morgan fingerprint density at radius 3 is 2.35 bits per heavy atom. The molecule has 0 rings (SSSR count). The zero-order chi connectivity index (χ0) is 13.4. The molecule has 0 heterocycles. The fourth-order valence-electron chi connectivity index (χ4n) is 0.913. The van der Waals surface area contributed by atoms with Gasteiger partial charge in [-0.3, -0.25) is 14.4 Å². The molecule has 0 spiro atoms. The molecule has 0 aliphatic carbocycles. The number of rotatable bonds is 8. The van der Waals surface area contributed by atoms with Crippen molar-refractivity contribution < 1.29 is 29.3 Å². The molecule has 0 aromatic carbocycles. The van der Waals surface area contributed by atoms with Crippen molar-refractivity contribution in [3.8, 4) is 0 Å². The van der Waals surface area contributed by atoms with E-state index in [0.717, 1.165) is 11.8 Å². The molecule has 0 aromatic rings. The Kier molecular flexibility index (Phi) is 7.31. The van der Waals surface area contributed by atoms with E-state index in [1.54, 1.807) is 6.92 Å². The molecule has 0 aromatic heterocycles. The molecule has 0 radical (unpaired) electrons. The predicted octanol–water partition coefficient (Wildman–Crippen LogP) is -0.462. The van der Waals surface area contributed by atoms with Gasteiger partial charge in [0.1, 0.15) is 11.3 Å². The number of carboxylic acids is 2. The minimum atomic E-state index is -1.24. The molecule has 98 valence electrons.